The maximum atomic E-state index is 12.2. The molecular formula is C20H30N4O. The molecule has 1 aliphatic rings. The van der Waals surface area contributed by atoms with Gasteiger partial charge in [-0.25, -0.2) is 4.98 Å². The molecule has 2 aromatic rings. The van der Waals surface area contributed by atoms with E-state index in [1.807, 2.05) is 25.1 Å². The number of hydrogen-bond donors (Lipinski definition) is 2. The minimum Gasteiger partial charge on any atom is -0.353 e. The van der Waals surface area contributed by atoms with Crippen LogP contribution in [0.1, 0.15) is 51.8 Å². The highest BCUT2D eigenvalue weighted by atomic mass is 16.1. The fraction of sp³-hybridized carbons (Fsp3) is 0.600. The van der Waals surface area contributed by atoms with Gasteiger partial charge in [-0.15, -0.1) is 0 Å². The smallest absolute Gasteiger partial charge is 0.223 e. The third-order valence-corrected chi connectivity index (χ3v) is 5.18. The van der Waals surface area contributed by atoms with E-state index < -0.39 is 0 Å². The Balaban J connectivity index is 1.44. The number of likely N-dealkylation sites (tertiary alicyclic amines) is 1. The molecule has 0 bridgehead atoms. The fourth-order valence-corrected chi connectivity index (χ4v) is 3.51. The van der Waals surface area contributed by atoms with Crippen molar-refractivity contribution >= 4 is 16.9 Å². The van der Waals surface area contributed by atoms with Crippen molar-refractivity contribution in [2.75, 3.05) is 13.1 Å². The fourth-order valence-electron chi connectivity index (χ4n) is 3.51. The third-order valence-electron chi connectivity index (χ3n) is 5.18. The summed E-state index contributed by atoms with van der Waals surface area (Å²) in [5, 5.41) is 3.24. The number of unbranched alkanes of at least 4 members (excludes halogenated alkanes) is 1. The maximum Gasteiger partial charge on any atom is 0.223 e. The Hall–Kier alpha value is -1.88. The van der Waals surface area contributed by atoms with Crippen molar-refractivity contribution in [3.63, 3.8) is 0 Å². The molecular weight excluding hydrogens is 312 g/mol. The topological polar surface area (TPSA) is 61.0 Å². The molecule has 2 N–H and O–H groups in total. The molecule has 0 spiro atoms. The van der Waals surface area contributed by atoms with Crippen LogP contribution in [0.25, 0.3) is 11.0 Å². The van der Waals surface area contributed by atoms with Crippen LogP contribution >= 0.6 is 0 Å². The zero-order valence-corrected chi connectivity index (χ0v) is 15.4. The second kappa shape index (κ2) is 8.48. The van der Waals surface area contributed by atoms with Gasteiger partial charge in [0.25, 0.3) is 0 Å². The molecule has 0 aliphatic carbocycles. The van der Waals surface area contributed by atoms with Gasteiger partial charge in [-0.1, -0.05) is 38.8 Å². The lowest BCUT2D eigenvalue weighted by atomic mass is 10.0. The monoisotopic (exact) mass is 342 g/mol. The Morgan fingerprint density at radius 1 is 1.36 bits per heavy atom. The summed E-state index contributed by atoms with van der Waals surface area (Å²) in [6, 6.07) is 8.47. The highest BCUT2D eigenvalue weighted by Crippen LogP contribution is 2.16. The van der Waals surface area contributed by atoms with Crippen LogP contribution in [0.3, 0.4) is 0 Å². The van der Waals surface area contributed by atoms with Crippen molar-refractivity contribution in [3.8, 4) is 0 Å². The second-order valence-electron chi connectivity index (χ2n) is 7.30. The highest BCUT2D eigenvalue weighted by molar-refractivity contribution is 5.78. The van der Waals surface area contributed by atoms with Gasteiger partial charge in [-0.2, -0.15) is 0 Å². The number of nitrogens with one attached hydrogen (secondary N) is 2. The van der Waals surface area contributed by atoms with Crippen molar-refractivity contribution in [1.29, 1.82) is 0 Å². The summed E-state index contributed by atoms with van der Waals surface area (Å²) in [7, 11) is 0. The Kier molecular flexibility index (Phi) is 6.08. The number of aromatic nitrogens is 2. The van der Waals surface area contributed by atoms with Crippen molar-refractivity contribution in [1.82, 2.24) is 20.2 Å². The van der Waals surface area contributed by atoms with Crippen molar-refractivity contribution in [3.05, 3.63) is 30.1 Å². The maximum absolute atomic E-state index is 12.2. The van der Waals surface area contributed by atoms with E-state index in [1.165, 1.54) is 0 Å². The zero-order chi connectivity index (χ0) is 17.6. The lowest BCUT2D eigenvalue weighted by Crippen LogP contribution is -2.45. The van der Waals surface area contributed by atoms with Crippen LogP contribution in [-0.2, 0) is 11.3 Å². The second-order valence-corrected chi connectivity index (χ2v) is 7.30. The molecule has 1 fully saturated rings. The van der Waals surface area contributed by atoms with Crippen molar-refractivity contribution in [2.45, 2.75) is 58.5 Å². The van der Waals surface area contributed by atoms with Crippen LogP contribution in [0, 0.1) is 5.92 Å². The molecule has 0 saturated carbocycles. The molecule has 1 amide bonds. The molecule has 136 valence electrons. The Morgan fingerprint density at radius 3 is 2.84 bits per heavy atom. The van der Waals surface area contributed by atoms with E-state index in [9.17, 15) is 4.79 Å². The Morgan fingerprint density at radius 2 is 2.12 bits per heavy atom. The van der Waals surface area contributed by atoms with E-state index in [4.69, 9.17) is 0 Å². The molecule has 25 heavy (non-hydrogen) atoms. The first-order chi connectivity index (χ1) is 12.2. The number of carbonyl (C=O) groups is 1. The summed E-state index contributed by atoms with van der Waals surface area (Å²) in [4.78, 5) is 22.7. The first-order valence-corrected chi connectivity index (χ1v) is 9.62. The molecule has 0 unspecified atom stereocenters. The SMILES string of the molecule is CCCC[C@H](C)C(=O)NC1CCN(Cc2nc3ccccc3[nH]2)CC1. The third kappa shape index (κ3) is 4.82. The Bertz CT molecular complexity index is 655. The average molecular weight is 342 g/mol. The van der Waals surface area contributed by atoms with Crippen molar-refractivity contribution < 1.29 is 4.79 Å². The first-order valence-electron chi connectivity index (χ1n) is 9.62. The molecule has 5 nitrogen and oxygen atoms in total. The standard InChI is InChI=1S/C20H30N4O/c1-3-4-7-15(2)20(25)21-16-10-12-24(13-11-16)14-19-22-17-8-5-6-9-18(17)23-19/h5-6,8-9,15-16H,3-4,7,10-14H2,1-2H3,(H,21,25)(H,22,23)/t15-/m0/s1. The minimum absolute atomic E-state index is 0.133. The summed E-state index contributed by atoms with van der Waals surface area (Å²) in [6.07, 6.45) is 5.31. The Labute approximate surface area is 150 Å². The minimum atomic E-state index is 0.133. The summed E-state index contributed by atoms with van der Waals surface area (Å²) < 4.78 is 0. The highest BCUT2D eigenvalue weighted by Gasteiger charge is 2.23. The van der Waals surface area contributed by atoms with E-state index in [0.29, 0.717) is 6.04 Å². The summed E-state index contributed by atoms with van der Waals surface area (Å²) in [5.74, 6) is 1.38. The molecule has 1 atom stereocenters. The number of imidazole rings is 1. The van der Waals surface area contributed by atoms with Gasteiger partial charge in [-0.3, -0.25) is 9.69 Å². The van der Waals surface area contributed by atoms with E-state index in [1.54, 1.807) is 0 Å². The van der Waals surface area contributed by atoms with Crippen LogP contribution in [0.2, 0.25) is 0 Å². The van der Waals surface area contributed by atoms with Gasteiger partial charge in [0.05, 0.1) is 17.6 Å². The molecule has 2 heterocycles. The van der Waals surface area contributed by atoms with Crippen LogP contribution in [0.15, 0.2) is 24.3 Å². The molecule has 5 heteroatoms. The molecule has 0 radical (unpaired) electrons. The number of amides is 1. The number of rotatable bonds is 7. The lowest BCUT2D eigenvalue weighted by molar-refractivity contribution is -0.125. The van der Waals surface area contributed by atoms with Crippen LogP contribution < -0.4 is 5.32 Å². The molecule has 1 aromatic heterocycles. The number of hydrogen-bond acceptors (Lipinski definition) is 3. The number of benzene rings is 1. The summed E-state index contributed by atoms with van der Waals surface area (Å²) in [6.45, 7) is 7.07. The van der Waals surface area contributed by atoms with Gasteiger partial charge >= 0.3 is 0 Å². The van der Waals surface area contributed by atoms with Gasteiger partial charge in [-0.05, 0) is 31.4 Å². The number of para-hydroxylation sites is 2. The van der Waals surface area contributed by atoms with Crippen molar-refractivity contribution in [2.24, 2.45) is 5.92 Å². The lowest BCUT2D eigenvalue weighted by Gasteiger charge is -2.32. The number of carbonyl (C=O) groups excluding carboxylic acids is 1. The predicted molar refractivity (Wildman–Crippen MR) is 101 cm³/mol. The first kappa shape index (κ1) is 17.9. The predicted octanol–water partition coefficient (Wildman–Crippen LogP) is 3.47. The van der Waals surface area contributed by atoms with E-state index in [-0.39, 0.29) is 11.8 Å². The van der Waals surface area contributed by atoms with Gasteiger partial charge in [0, 0.05) is 25.0 Å². The van der Waals surface area contributed by atoms with Gasteiger partial charge in [0.2, 0.25) is 5.91 Å². The van der Waals surface area contributed by atoms with Gasteiger partial charge in [0.15, 0.2) is 0 Å². The molecule has 1 saturated heterocycles. The quantitative estimate of drug-likeness (QED) is 0.810. The number of H-pyrrole nitrogens is 1. The number of piperidine rings is 1. The van der Waals surface area contributed by atoms with E-state index in [2.05, 4.69) is 33.2 Å². The number of nitrogens with zero attached hydrogens (tertiary/aromatic N) is 2. The molecule has 1 aromatic carbocycles. The van der Waals surface area contributed by atoms with Crippen LogP contribution in [0.4, 0.5) is 0 Å². The summed E-state index contributed by atoms with van der Waals surface area (Å²) >= 11 is 0. The van der Waals surface area contributed by atoms with Crippen LogP contribution in [-0.4, -0.2) is 39.9 Å². The normalized spacial score (nSPS) is 17.7. The average Bonchev–Trinajstić information content (AvgIpc) is 3.03. The number of fused-ring (bicyclic) bond motifs is 1. The number of aromatic amines is 1. The van der Waals surface area contributed by atoms with E-state index in [0.717, 1.165) is 68.6 Å². The zero-order valence-electron chi connectivity index (χ0n) is 15.4. The molecule has 3 rings (SSSR count). The largest absolute Gasteiger partial charge is 0.353 e. The molecule has 1 aliphatic heterocycles. The summed E-state index contributed by atoms with van der Waals surface area (Å²) in [5.41, 5.74) is 2.13. The van der Waals surface area contributed by atoms with Gasteiger partial charge < -0.3 is 10.3 Å². The van der Waals surface area contributed by atoms with Crippen LogP contribution in [0.5, 0.6) is 0 Å². The van der Waals surface area contributed by atoms with Gasteiger partial charge in [0.1, 0.15) is 5.82 Å². The van der Waals surface area contributed by atoms with E-state index >= 15 is 0 Å².